The molecule has 7 nitrogen and oxygen atoms in total. The summed E-state index contributed by atoms with van der Waals surface area (Å²) in [6, 6.07) is 3.88. The van der Waals surface area contributed by atoms with Crippen LogP contribution in [0, 0.1) is 5.82 Å². The van der Waals surface area contributed by atoms with Crippen molar-refractivity contribution in [3.8, 4) is 0 Å². The van der Waals surface area contributed by atoms with Gasteiger partial charge < -0.3 is 20.0 Å². The van der Waals surface area contributed by atoms with Gasteiger partial charge in [-0.25, -0.2) is 4.39 Å². The second-order valence-corrected chi connectivity index (χ2v) is 8.05. The molecule has 2 saturated heterocycles. The Balaban J connectivity index is 1.61. The lowest BCUT2D eigenvalue weighted by atomic mass is 10.1. The van der Waals surface area contributed by atoms with Crippen LogP contribution < -0.4 is 5.32 Å². The van der Waals surface area contributed by atoms with Crippen LogP contribution in [0.1, 0.15) is 36.0 Å². The number of nitrogens with zero attached hydrogens (tertiary/aromatic N) is 3. The average Bonchev–Trinajstić information content (AvgIpc) is 3.17. The first-order chi connectivity index (χ1) is 14.5. The molecule has 3 rings (SSSR count). The number of amides is 3. The fraction of sp³-hybridized carbons (Fsp3) is 0.571. The van der Waals surface area contributed by atoms with E-state index in [1.165, 1.54) is 18.2 Å². The third-order valence-electron chi connectivity index (χ3n) is 5.55. The predicted octanol–water partition coefficient (Wildman–Crippen LogP) is 1.76. The Morgan fingerprint density at radius 1 is 1.17 bits per heavy atom. The van der Waals surface area contributed by atoms with E-state index >= 15 is 0 Å². The Morgan fingerprint density at radius 2 is 1.93 bits per heavy atom. The molecule has 0 aliphatic carbocycles. The Kier molecular flexibility index (Phi) is 8.04. The highest BCUT2D eigenvalue weighted by Gasteiger charge is 2.23. The minimum absolute atomic E-state index is 0.0150. The molecule has 1 aromatic rings. The minimum Gasteiger partial charge on any atom is -0.343 e. The van der Waals surface area contributed by atoms with Gasteiger partial charge in [-0.2, -0.15) is 0 Å². The maximum Gasteiger partial charge on any atom is 0.253 e. The molecule has 164 valence electrons. The van der Waals surface area contributed by atoms with Crippen molar-refractivity contribution in [2.45, 2.75) is 25.7 Å². The van der Waals surface area contributed by atoms with Crippen molar-refractivity contribution in [2.24, 2.45) is 0 Å². The van der Waals surface area contributed by atoms with Gasteiger partial charge in [-0.15, -0.1) is 0 Å². The summed E-state index contributed by atoms with van der Waals surface area (Å²) in [5.41, 5.74) is 0.285. The lowest BCUT2D eigenvalue weighted by Crippen LogP contribution is -2.47. The van der Waals surface area contributed by atoms with Crippen LogP contribution in [-0.4, -0.2) is 84.8 Å². The summed E-state index contributed by atoms with van der Waals surface area (Å²) in [6.07, 6.45) is 2.29. The monoisotopic (exact) mass is 438 g/mol. The summed E-state index contributed by atoms with van der Waals surface area (Å²) >= 11 is 5.84. The molecule has 1 N–H and O–H groups in total. The van der Waals surface area contributed by atoms with E-state index in [0.717, 1.165) is 26.1 Å². The first kappa shape index (κ1) is 22.5. The van der Waals surface area contributed by atoms with E-state index in [2.05, 4.69) is 5.32 Å². The van der Waals surface area contributed by atoms with Gasteiger partial charge in [0, 0.05) is 70.8 Å². The fourth-order valence-corrected chi connectivity index (χ4v) is 4.00. The van der Waals surface area contributed by atoms with Crippen molar-refractivity contribution in [2.75, 3.05) is 52.4 Å². The predicted molar refractivity (Wildman–Crippen MR) is 112 cm³/mol. The number of carbonyl (C=O) groups excluding carboxylic acids is 3. The molecule has 0 saturated carbocycles. The molecule has 0 bridgehead atoms. The van der Waals surface area contributed by atoms with Gasteiger partial charge in [0.1, 0.15) is 5.82 Å². The topological polar surface area (TPSA) is 73.0 Å². The van der Waals surface area contributed by atoms with Crippen molar-refractivity contribution in [1.82, 2.24) is 20.0 Å². The van der Waals surface area contributed by atoms with Crippen LogP contribution in [0.3, 0.4) is 0 Å². The van der Waals surface area contributed by atoms with Crippen molar-refractivity contribution < 1.29 is 18.8 Å². The van der Waals surface area contributed by atoms with Crippen LogP contribution in [0.25, 0.3) is 0 Å². The van der Waals surface area contributed by atoms with E-state index in [-0.39, 0.29) is 41.3 Å². The van der Waals surface area contributed by atoms with Crippen LogP contribution in [0.15, 0.2) is 18.2 Å². The van der Waals surface area contributed by atoms with E-state index < -0.39 is 5.82 Å². The Hall–Kier alpha value is -2.19. The zero-order valence-corrected chi connectivity index (χ0v) is 17.8. The Morgan fingerprint density at radius 3 is 2.60 bits per heavy atom. The van der Waals surface area contributed by atoms with Crippen molar-refractivity contribution in [3.63, 3.8) is 0 Å². The quantitative estimate of drug-likeness (QED) is 0.671. The lowest BCUT2D eigenvalue weighted by molar-refractivity contribution is -0.132. The van der Waals surface area contributed by atoms with Crippen LogP contribution in [0.4, 0.5) is 4.39 Å². The maximum atomic E-state index is 13.5. The smallest absolute Gasteiger partial charge is 0.253 e. The molecular formula is C21H28ClFN4O3. The molecule has 0 atom stereocenters. The number of benzene rings is 1. The molecule has 9 heteroatoms. The Bertz CT molecular complexity index is 786. The van der Waals surface area contributed by atoms with Gasteiger partial charge in [0.2, 0.25) is 11.8 Å². The van der Waals surface area contributed by atoms with E-state index in [9.17, 15) is 18.8 Å². The number of carbonyl (C=O) groups is 3. The standard InChI is InChI=1S/C21H28ClFN4O3/c22-17-15-16(4-5-18(17)23)21(30)27(11-2-10-25-9-1-3-19(25)28)12-6-20(29)26-13-7-24-8-14-26/h4-5,15,24H,1-3,6-14H2. The number of likely N-dealkylation sites (tertiary alicyclic amines) is 1. The molecule has 2 fully saturated rings. The van der Waals surface area contributed by atoms with Crippen LogP contribution in [0.2, 0.25) is 5.02 Å². The summed E-state index contributed by atoms with van der Waals surface area (Å²) in [4.78, 5) is 42.6. The maximum absolute atomic E-state index is 13.5. The normalized spacial score (nSPS) is 16.8. The molecule has 0 aromatic heterocycles. The highest BCUT2D eigenvalue weighted by molar-refractivity contribution is 6.31. The van der Waals surface area contributed by atoms with Gasteiger partial charge >= 0.3 is 0 Å². The summed E-state index contributed by atoms with van der Waals surface area (Å²) < 4.78 is 13.5. The van der Waals surface area contributed by atoms with Crippen molar-refractivity contribution in [1.29, 1.82) is 0 Å². The van der Waals surface area contributed by atoms with E-state index in [4.69, 9.17) is 11.6 Å². The van der Waals surface area contributed by atoms with Gasteiger partial charge in [0.15, 0.2) is 0 Å². The first-order valence-corrected chi connectivity index (χ1v) is 10.8. The van der Waals surface area contributed by atoms with Gasteiger partial charge in [-0.1, -0.05) is 11.6 Å². The van der Waals surface area contributed by atoms with Gasteiger partial charge in [-0.3, -0.25) is 14.4 Å². The molecule has 2 aliphatic rings. The van der Waals surface area contributed by atoms with Gasteiger partial charge in [0.05, 0.1) is 5.02 Å². The molecule has 30 heavy (non-hydrogen) atoms. The fourth-order valence-electron chi connectivity index (χ4n) is 3.82. The number of halogens is 2. The van der Waals surface area contributed by atoms with Gasteiger partial charge in [-0.05, 0) is 31.0 Å². The van der Waals surface area contributed by atoms with Crippen LogP contribution in [-0.2, 0) is 9.59 Å². The SMILES string of the molecule is O=C1CCCN1CCCN(CCC(=O)N1CCNCC1)C(=O)c1ccc(F)c(Cl)c1. The van der Waals surface area contributed by atoms with E-state index in [1.807, 2.05) is 4.90 Å². The molecule has 1 aromatic carbocycles. The van der Waals surface area contributed by atoms with E-state index in [0.29, 0.717) is 39.0 Å². The third kappa shape index (κ3) is 5.92. The second kappa shape index (κ2) is 10.7. The van der Waals surface area contributed by atoms with Gasteiger partial charge in [0.25, 0.3) is 5.91 Å². The molecule has 0 radical (unpaired) electrons. The summed E-state index contributed by atoms with van der Waals surface area (Å²) in [7, 11) is 0. The van der Waals surface area contributed by atoms with Crippen molar-refractivity contribution in [3.05, 3.63) is 34.6 Å². The minimum atomic E-state index is -0.582. The summed E-state index contributed by atoms with van der Waals surface area (Å²) in [6.45, 7) is 4.88. The molecule has 0 spiro atoms. The highest BCUT2D eigenvalue weighted by Crippen LogP contribution is 2.18. The van der Waals surface area contributed by atoms with Crippen LogP contribution in [0.5, 0.6) is 0 Å². The largest absolute Gasteiger partial charge is 0.343 e. The zero-order valence-electron chi connectivity index (χ0n) is 17.0. The van der Waals surface area contributed by atoms with Crippen LogP contribution >= 0.6 is 11.6 Å². The molecule has 2 aliphatic heterocycles. The number of piperazine rings is 1. The lowest BCUT2D eigenvalue weighted by Gasteiger charge is -2.29. The molecule has 2 heterocycles. The Labute approximate surface area is 181 Å². The second-order valence-electron chi connectivity index (χ2n) is 7.64. The summed E-state index contributed by atoms with van der Waals surface area (Å²) in [5, 5.41) is 3.10. The summed E-state index contributed by atoms with van der Waals surface area (Å²) in [5.74, 6) is -0.716. The first-order valence-electron chi connectivity index (χ1n) is 10.5. The zero-order chi connectivity index (χ0) is 21.5. The average molecular weight is 439 g/mol. The van der Waals surface area contributed by atoms with E-state index in [1.54, 1.807) is 9.80 Å². The molecular weight excluding hydrogens is 411 g/mol. The number of hydrogen-bond donors (Lipinski definition) is 1. The van der Waals surface area contributed by atoms with Crippen molar-refractivity contribution >= 4 is 29.3 Å². The molecule has 0 unspecified atom stereocenters. The highest BCUT2D eigenvalue weighted by atomic mass is 35.5. The number of nitrogens with one attached hydrogen (secondary N) is 1. The third-order valence-corrected chi connectivity index (χ3v) is 5.84. The molecule has 3 amide bonds. The number of hydrogen-bond acceptors (Lipinski definition) is 4. The number of rotatable bonds is 8.